The second-order valence-corrected chi connectivity index (χ2v) is 3.85. The molecule has 0 aliphatic rings. The van der Waals surface area contributed by atoms with Gasteiger partial charge in [0, 0.05) is 44.1 Å². The van der Waals surface area contributed by atoms with Gasteiger partial charge in [0.15, 0.2) is 0 Å². The van der Waals surface area contributed by atoms with E-state index in [0.717, 1.165) is 18.9 Å². The molecule has 4 nitrogen and oxygen atoms in total. The molecule has 17 heavy (non-hydrogen) atoms. The van der Waals surface area contributed by atoms with Gasteiger partial charge in [0.2, 0.25) is 0 Å². The smallest absolute Gasteiger partial charge is 0.0681 e. The van der Waals surface area contributed by atoms with Crippen molar-refractivity contribution in [3.8, 4) is 0 Å². The van der Waals surface area contributed by atoms with E-state index < -0.39 is 0 Å². The van der Waals surface area contributed by atoms with Crippen LogP contribution < -0.4 is 10.2 Å². The van der Waals surface area contributed by atoms with E-state index in [1.165, 1.54) is 5.56 Å². The maximum Gasteiger partial charge on any atom is 0.0681 e. The van der Waals surface area contributed by atoms with Crippen molar-refractivity contribution >= 4 is 5.69 Å². The topological polar surface area (TPSA) is 41.0 Å². The lowest BCUT2D eigenvalue weighted by Crippen LogP contribution is -2.30. The van der Waals surface area contributed by atoms with Crippen LogP contribution in [0.4, 0.5) is 5.69 Å². The van der Waals surface area contributed by atoms with Gasteiger partial charge in [-0.3, -0.25) is 15.3 Å². The Morgan fingerprint density at radius 2 is 1.94 bits per heavy atom. The molecule has 4 heteroatoms. The molecule has 88 valence electrons. The van der Waals surface area contributed by atoms with Gasteiger partial charge in [-0.15, -0.1) is 0 Å². The van der Waals surface area contributed by atoms with Crippen LogP contribution in [0.2, 0.25) is 0 Å². The highest BCUT2D eigenvalue weighted by Crippen LogP contribution is 2.08. The number of aromatic nitrogens is 2. The monoisotopic (exact) mass is 228 g/mol. The molecule has 0 spiro atoms. The lowest BCUT2D eigenvalue weighted by atomic mass is 10.3. The van der Waals surface area contributed by atoms with Gasteiger partial charge in [0.1, 0.15) is 0 Å². The fourth-order valence-corrected chi connectivity index (χ4v) is 1.56. The Morgan fingerprint density at radius 1 is 1.12 bits per heavy atom. The van der Waals surface area contributed by atoms with E-state index in [0.29, 0.717) is 0 Å². The molecule has 2 rings (SSSR count). The Kier molecular flexibility index (Phi) is 4.05. The maximum atomic E-state index is 4.08. The zero-order chi connectivity index (χ0) is 11.9. The summed E-state index contributed by atoms with van der Waals surface area (Å²) in [5.74, 6) is 0. The molecule has 0 amide bonds. The molecule has 0 saturated heterocycles. The minimum Gasteiger partial charge on any atom is -0.362 e. The number of anilines is 1. The number of nitrogens with zero attached hydrogens (tertiary/aromatic N) is 3. The van der Waals surface area contributed by atoms with Crippen molar-refractivity contribution in [1.29, 1.82) is 0 Å². The van der Waals surface area contributed by atoms with E-state index in [2.05, 4.69) is 26.3 Å². The van der Waals surface area contributed by atoms with Crippen LogP contribution in [-0.2, 0) is 6.54 Å². The summed E-state index contributed by atoms with van der Waals surface area (Å²) in [6.07, 6.45) is 7.26. The van der Waals surface area contributed by atoms with Crippen LogP contribution in [-0.4, -0.2) is 23.7 Å². The van der Waals surface area contributed by atoms with Gasteiger partial charge in [-0.05, 0) is 23.8 Å². The molecule has 0 bridgehead atoms. The lowest BCUT2D eigenvalue weighted by molar-refractivity contribution is 0.677. The van der Waals surface area contributed by atoms with Gasteiger partial charge in [-0.2, -0.15) is 0 Å². The van der Waals surface area contributed by atoms with E-state index in [1.54, 1.807) is 18.6 Å². The summed E-state index contributed by atoms with van der Waals surface area (Å²) in [6.45, 7) is 1.61. The molecular weight excluding hydrogens is 212 g/mol. The molecule has 0 atom stereocenters. The summed E-state index contributed by atoms with van der Waals surface area (Å²) in [5, 5.41) is 3.37. The largest absolute Gasteiger partial charge is 0.362 e. The Morgan fingerprint density at radius 3 is 2.65 bits per heavy atom. The maximum absolute atomic E-state index is 4.08. The molecule has 1 N–H and O–H groups in total. The Hall–Kier alpha value is -1.94. The number of nitrogens with one attached hydrogen (secondary N) is 1. The summed E-state index contributed by atoms with van der Waals surface area (Å²) in [6, 6.07) is 7.99. The zero-order valence-corrected chi connectivity index (χ0v) is 9.87. The average Bonchev–Trinajstić information content (AvgIpc) is 2.41. The van der Waals surface area contributed by atoms with E-state index in [9.17, 15) is 0 Å². The molecule has 0 radical (unpaired) electrons. The minimum absolute atomic E-state index is 0.791. The molecule has 0 fully saturated rings. The van der Waals surface area contributed by atoms with Gasteiger partial charge in [-0.1, -0.05) is 6.07 Å². The molecular formula is C13H16N4. The van der Waals surface area contributed by atoms with Crippen LogP contribution in [0, 0.1) is 0 Å². The second kappa shape index (κ2) is 5.96. The van der Waals surface area contributed by atoms with Gasteiger partial charge in [-0.25, -0.2) is 0 Å². The molecule has 0 unspecified atom stereocenters. The number of pyridine rings is 2. The van der Waals surface area contributed by atoms with E-state index in [-0.39, 0.29) is 0 Å². The highest BCUT2D eigenvalue weighted by Gasteiger charge is 1.98. The first kappa shape index (κ1) is 11.5. The molecule has 2 heterocycles. The predicted octanol–water partition coefficient (Wildman–Crippen LogP) is 1.66. The molecule has 0 aliphatic heterocycles. The first-order valence-electron chi connectivity index (χ1n) is 5.57. The first-order valence-corrected chi connectivity index (χ1v) is 5.57. The van der Waals surface area contributed by atoms with E-state index in [1.807, 2.05) is 31.4 Å². The van der Waals surface area contributed by atoms with Crippen LogP contribution in [0.15, 0.2) is 49.1 Å². The Balaban J connectivity index is 1.79. The van der Waals surface area contributed by atoms with Crippen LogP contribution in [0.25, 0.3) is 0 Å². The van der Waals surface area contributed by atoms with Gasteiger partial charge in [0.05, 0.1) is 6.67 Å². The van der Waals surface area contributed by atoms with Crippen molar-refractivity contribution in [3.63, 3.8) is 0 Å². The minimum atomic E-state index is 0.791. The normalized spacial score (nSPS) is 10.2. The molecule has 0 saturated carbocycles. The van der Waals surface area contributed by atoms with E-state index in [4.69, 9.17) is 0 Å². The third kappa shape index (κ3) is 3.53. The fourth-order valence-electron chi connectivity index (χ4n) is 1.56. The van der Waals surface area contributed by atoms with Crippen molar-refractivity contribution in [2.45, 2.75) is 6.54 Å². The SMILES string of the molecule is CN(CNCc1cccnc1)c1ccncc1. The summed E-state index contributed by atoms with van der Waals surface area (Å²) in [4.78, 5) is 10.2. The van der Waals surface area contributed by atoms with Crippen molar-refractivity contribution in [3.05, 3.63) is 54.6 Å². The van der Waals surface area contributed by atoms with Gasteiger partial charge < -0.3 is 4.90 Å². The standard InChI is InChI=1S/C13H16N4/c1-17(13-4-7-14-8-5-13)11-16-10-12-3-2-6-15-9-12/h2-9,16H,10-11H2,1H3. The summed E-state index contributed by atoms with van der Waals surface area (Å²) in [5.41, 5.74) is 2.34. The van der Waals surface area contributed by atoms with Crippen molar-refractivity contribution in [2.75, 3.05) is 18.6 Å². The van der Waals surface area contributed by atoms with Crippen LogP contribution in [0.5, 0.6) is 0 Å². The zero-order valence-electron chi connectivity index (χ0n) is 9.87. The van der Waals surface area contributed by atoms with Crippen LogP contribution >= 0.6 is 0 Å². The fraction of sp³-hybridized carbons (Fsp3) is 0.231. The number of hydrogen-bond acceptors (Lipinski definition) is 4. The lowest BCUT2D eigenvalue weighted by Gasteiger charge is -2.19. The van der Waals surface area contributed by atoms with Crippen molar-refractivity contribution < 1.29 is 0 Å². The molecule has 0 aliphatic carbocycles. The first-order chi connectivity index (χ1) is 8.36. The molecule has 2 aromatic heterocycles. The van der Waals surface area contributed by atoms with Crippen LogP contribution in [0.1, 0.15) is 5.56 Å². The van der Waals surface area contributed by atoms with Gasteiger partial charge in [0.25, 0.3) is 0 Å². The summed E-state index contributed by atoms with van der Waals surface area (Å²) < 4.78 is 0. The number of rotatable bonds is 5. The average molecular weight is 228 g/mol. The predicted molar refractivity (Wildman–Crippen MR) is 68.6 cm³/mol. The second-order valence-electron chi connectivity index (χ2n) is 3.85. The third-order valence-electron chi connectivity index (χ3n) is 2.50. The third-order valence-corrected chi connectivity index (χ3v) is 2.50. The molecule has 0 aromatic carbocycles. The van der Waals surface area contributed by atoms with Crippen molar-refractivity contribution in [2.24, 2.45) is 0 Å². The Bertz CT molecular complexity index is 430. The Labute approximate surface area is 101 Å². The quantitative estimate of drug-likeness (QED) is 0.790. The number of hydrogen-bond donors (Lipinski definition) is 1. The highest BCUT2D eigenvalue weighted by molar-refractivity contribution is 5.43. The summed E-state index contributed by atoms with van der Waals surface area (Å²) >= 11 is 0. The highest BCUT2D eigenvalue weighted by atomic mass is 15.2. The van der Waals surface area contributed by atoms with Crippen LogP contribution in [0.3, 0.4) is 0 Å². The summed E-state index contributed by atoms with van der Waals surface area (Å²) in [7, 11) is 2.05. The molecule has 2 aromatic rings. The van der Waals surface area contributed by atoms with Crippen molar-refractivity contribution in [1.82, 2.24) is 15.3 Å². The van der Waals surface area contributed by atoms with Gasteiger partial charge >= 0.3 is 0 Å². The van der Waals surface area contributed by atoms with E-state index >= 15 is 0 Å².